The van der Waals surface area contributed by atoms with Crippen molar-refractivity contribution in [3.8, 4) is 0 Å². The molecule has 4 heteroatoms. The number of nitrogens with zero attached hydrogens (tertiary/aromatic N) is 1. The van der Waals surface area contributed by atoms with Crippen LogP contribution in [0.25, 0.3) is 5.52 Å². The lowest BCUT2D eigenvalue weighted by Gasteiger charge is -2.04. The number of rotatable bonds is 3. The van der Waals surface area contributed by atoms with Gasteiger partial charge in [0.15, 0.2) is 0 Å². The quantitative estimate of drug-likeness (QED) is 0.780. The summed E-state index contributed by atoms with van der Waals surface area (Å²) in [5.74, 6) is -0.967. The second kappa shape index (κ2) is 3.74. The summed E-state index contributed by atoms with van der Waals surface area (Å²) >= 11 is 0. The van der Waals surface area contributed by atoms with Crippen molar-refractivity contribution < 1.29 is 9.90 Å². The van der Waals surface area contributed by atoms with E-state index in [0.717, 1.165) is 11.1 Å². The fraction of sp³-hybridized carbons (Fsp3) is 0.182. The van der Waals surface area contributed by atoms with Crippen LogP contribution in [-0.2, 0) is 11.2 Å². The Morgan fingerprint density at radius 3 is 2.93 bits per heavy atom. The highest BCUT2D eigenvalue weighted by atomic mass is 16.4. The maximum atomic E-state index is 10.6. The van der Waals surface area contributed by atoms with Crippen molar-refractivity contribution in [2.24, 2.45) is 5.73 Å². The van der Waals surface area contributed by atoms with Gasteiger partial charge in [0.05, 0.1) is 0 Å². The zero-order valence-electron chi connectivity index (χ0n) is 8.13. The zero-order valence-corrected chi connectivity index (χ0v) is 8.13. The van der Waals surface area contributed by atoms with E-state index < -0.39 is 12.0 Å². The summed E-state index contributed by atoms with van der Waals surface area (Å²) in [4.78, 5) is 10.6. The molecule has 2 aromatic heterocycles. The Balaban J connectivity index is 2.32. The Labute approximate surface area is 86.9 Å². The van der Waals surface area contributed by atoms with Crippen LogP contribution in [0, 0.1) is 0 Å². The van der Waals surface area contributed by atoms with E-state index in [1.54, 1.807) is 0 Å². The van der Waals surface area contributed by atoms with Crippen LogP contribution in [0.3, 0.4) is 0 Å². The van der Waals surface area contributed by atoms with Crippen molar-refractivity contribution in [3.05, 3.63) is 42.2 Å². The summed E-state index contributed by atoms with van der Waals surface area (Å²) in [5.41, 5.74) is 7.46. The number of pyridine rings is 1. The monoisotopic (exact) mass is 204 g/mol. The SMILES string of the molecule is NC(Cc1ccn2ccccc12)C(=O)O. The number of hydrogen-bond acceptors (Lipinski definition) is 2. The Morgan fingerprint density at radius 2 is 2.20 bits per heavy atom. The van der Waals surface area contributed by atoms with Crippen LogP contribution in [0.5, 0.6) is 0 Å². The average molecular weight is 204 g/mol. The second-order valence-electron chi connectivity index (χ2n) is 3.48. The van der Waals surface area contributed by atoms with Crippen molar-refractivity contribution in [3.63, 3.8) is 0 Å². The highest BCUT2D eigenvalue weighted by Crippen LogP contribution is 2.13. The molecule has 0 amide bonds. The zero-order chi connectivity index (χ0) is 10.8. The van der Waals surface area contributed by atoms with Crippen LogP contribution < -0.4 is 5.73 Å². The van der Waals surface area contributed by atoms with Crippen LogP contribution in [0.1, 0.15) is 5.56 Å². The third-order valence-corrected chi connectivity index (χ3v) is 2.41. The van der Waals surface area contributed by atoms with Crippen LogP contribution in [0.4, 0.5) is 0 Å². The van der Waals surface area contributed by atoms with Crippen molar-refractivity contribution in [2.45, 2.75) is 12.5 Å². The van der Waals surface area contributed by atoms with Gasteiger partial charge in [-0.05, 0) is 23.8 Å². The molecule has 0 saturated carbocycles. The maximum absolute atomic E-state index is 10.6. The van der Waals surface area contributed by atoms with Crippen LogP contribution in [0.15, 0.2) is 36.7 Å². The Bertz CT molecular complexity index is 490. The molecule has 0 radical (unpaired) electrons. The summed E-state index contributed by atoms with van der Waals surface area (Å²) in [6, 6.07) is 6.86. The molecule has 1 atom stereocenters. The van der Waals surface area contributed by atoms with Gasteiger partial charge in [0.1, 0.15) is 6.04 Å². The Morgan fingerprint density at radius 1 is 1.40 bits per heavy atom. The summed E-state index contributed by atoms with van der Waals surface area (Å²) in [6.07, 6.45) is 4.18. The predicted molar refractivity (Wildman–Crippen MR) is 56.7 cm³/mol. The molecule has 0 saturated heterocycles. The molecule has 3 N–H and O–H groups in total. The number of fused-ring (bicyclic) bond motifs is 1. The summed E-state index contributed by atoms with van der Waals surface area (Å²) in [6.45, 7) is 0. The highest BCUT2D eigenvalue weighted by molar-refractivity contribution is 5.74. The first kappa shape index (κ1) is 9.73. The average Bonchev–Trinajstić information content (AvgIpc) is 2.62. The van der Waals surface area contributed by atoms with E-state index in [0.29, 0.717) is 6.42 Å². The molecule has 2 rings (SSSR count). The number of aliphatic carboxylic acids is 1. The van der Waals surface area contributed by atoms with E-state index in [1.165, 1.54) is 0 Å². The minimum absolute atomic E-state index is 0.357. The predicted octanol–water partition coefficient (Wildman–Crippen LogP) is 0.894. The first-order chi connectivity index (χ1) is 7.18. The van der Waals surface area contributed by atoms with Crippen molar-refractivity contribution in [1.29, 1.82) is 0 Å². The smallest absolute Gasteiger partial charge is 0.320 e. The van der Waals surface area contributed by atoms with Gasteiger partial charge < -0.3 is 15.2 Å². The molecule has 0 fully saturated rings. The van der Waals surface area contributed by atoms with Gasteiger partial charge in [0.2, 0.25) is 0 Å². The lowest BCUT2D eigenvalue weighted by atomic mass is 10.1. The van der Waals surface area contributed by atoms with E-state index >= 15 is 0 Å². The molecule has 2 heterocycles. The van der Waals surface area contributed by atoms with Gasteiger partial charge in [0.25, 0.3) is 0 Å². The number of nitrogens with two attached hydrogens (primary N) is 1. The van der Waals surface area contributed by atoms with Gasteiger partial charge in [-0.2, -0.15) is 0 Å². The van der Waals surface area contributed by atoms with Gasteiger partial charge in [-0.3, -0.25) is 4.79 Å². The molecular formula is C11H12N2O2. The fourth-order valence-corrected chi connectivity index (χ4v) is 1.61. The summed E-state index contributed by atoms with van der Waals surface area (Å²) < 4.78 is 1.95. The molecule has 0 aromatic carbocycles. The largest absolute Gasteiger partial charge is 0.480 e. The van der Waals surface area contributed by atoms with Gasteiger partial charge in [-0.1, -0.05) is 6.07 Å². The van der Waals surface area contributed by atoms with E-state index in [-0.39, 0.29) is 0 Å². The molecule has 0 aliphatic heterocycles. The Kier molecular flexibility index (Phi) is 2.43. The van der Waals surface area contributed by atoms with Gasteiger partial charge in [0, 0.05) is 24.3 Å². The third-order valence-electron chi connectivity index (χ3n) is 2.41. The molecule has 15 heavy (non-hydrogen) atoms. The van der Waals surface area contributed by atoms with Crippen molar-refractivity contribution in [1.82, 2.24) is 4.40 Å². The fourth-order valence-electron chi connectivity index (χ4n) is 1.61. The number of carboxylic acid groups (broad SMARTS) is 1. The normalized spacial score (nSPS) is 12.9. The van der Waals surface area contributed by atoms with Gasteiger partial charge in [-0.25, -0.2) is 0 Å². The molecule has 78 valence electrons. The minimum Gasteiger partial charge on any atom is -0.480 e. The minimum atomic E-state index is -0.967. The lowest BCUT2D eigenvalue weighted by Crippen LogP contribution is -2.32. The number of carboxylic acids is 1. The number of aromatic nitrogens is 1. The topological polar surface area (TPSA) is 67.7 Å². The van der Waals surface area contributed by atoms with Crippen molar-refractivity contribution >= 4 is 11.5 Å². The molecule has 0 aliphatic carbocycles. The molecule has 0 spiro atoms. The second-order valence-corrected chi connectivity index (χ2v) is 3.48. The molecule has 2 aromatic rings. The molecular weight excluding hydrogens is 192 g/mol. The first-order valence-electron chi connectivity index (χ1n) is 4.71. The lowest BCUT2D eigenvalue weighted by molar-refractivity contribution is -0.138. The highest BCUT2D eigenvalue weighted by Gasteiger charge is 2.13. The third kappa shape index (κ3) is 1.85. The van der Waals surface area contributed by atoms with E-state index in [9.17, 15) is 4.79 Å². The van der Waals surface area contributed by atoms with Crippen molar-refractivity contribution in [2.75, 3.05) is 0 Å². The Hall–Kier alpha value is -1.81. The van der Waals surface area contributed by atoms with Gasteiger partial charge in [-0.15, -0.1) is 0 Å². The first-order valence-corrected chi connectivity index (χ1v) is 4.71. The van der Waals surface area contributed by atoms with Crippen LogP contribution in [0.2, 0.25) is 0 Å². The van der Waals surface area contributed by atoms with Gasteiger partial charge >= 0.3 is 5.97 Å². The molecule has 0 bridgehead atoms. The number of hydrogen-bond donors (Lipinski definition) is 2. The van der Waals surface area contributed by atoms with E-state index in [1.807, 2.05) is 41.1 Å². The van der Waals surface area contributed by atoms with Crippen LogP contribution in [-0.4, -0.2) is 21.5 Å². The molecule has 1 unspecified atom stereocenters. The summed E-state index contributed by atoms with van der Waals surface area (Å²) in [7, 11) is 0. The molecule has 0 aliphatic rings. The van der Waals surface area contributed by atoms with Crippen LogP contribution >= 0.6 is 0 Å². The number of carbonyl (C=O) groups is 1. The standard InChI is InChI=1S/C11H12N2O2/c12-9(11(14)15)7-8-4-6-13-5-2-1-3-10(8)13/h1-6,9H,7,12H2,(H,14,15). The maximum Gasteiger partial charge on any atom is 0.320 e. The molecule has 4 nitrogen and oxygen atoms in total. The summed E-state index contributed by atoms with van der Waals surface area (Å²) in [5, 5.41) is 8.72. The van der Waals surface area contributed by atoms with E-state index in [2.05, 4.69) is 0 Å². The van der Waals surface area contributed by atoms with E-state index in [4.69, 9.17) is 10.8 Å².